The van der Waals surface area contributed by atoms with Gasteiger partial charge in [0.2, 0.25) is 5.91 Å². The van der Waals surface area contributed by atoms with Gasteiger partial charge in [0.05, 0.1) is 24.0 Å². The number of ether oxygens (including phenoxy) is 1. The fourth-order valence-corrected chi connectivity index (χ4v) is 4.86. The molecule has 0 unspecified atom stereocenters. The van der Waals surface area contributed by atoms with Crippen LogP contribution in [0.25, 0.3) is 11.1 Å². The molecule has 30 heavy (non-hydrogen) atoms. The lowest BCUT2D eigenvalue weighted by molar-refractivity contribution is -0.120. The van der Waals surface area contributed by atoms with E-state index >= 15 is 0 Å². The van der Waals surface area contributed by atoms with Gasteiger partial charge in [-0.1, -0.05) is 0 Å². The standard InChI is InChI=1S/C24H30N4O2/c1-14-5-10-19-21(27(14)24(29)15-6-7-15)12-11-18(22(19)30-17-3-2-4-17)20-13-26-28(23(20)25)16-8-9-16/h11-17H,2-10,25H2,1H3/t14-/m0/s1. The van der Waals surface area contributed by atoms with Crippen LogP contribution >= 0.6 is 0 Å². The third kappa shape index (κ3) is 2.91. The van der Waals surface area contributed by atoms with Gasteiger partial charge >= 0.3 is 0 Å². The molecule has 1 amide bonds. The van der Waals surface area contributed by atoms with Crippen molar-refractivity contribution in [3.8, 4) is 16.9 Å². The number of hydrogen-bond acceptors (Lipinski definition) is 4. The van der Waals surface area contributed by atoms with Crippen molar-refractivity contribution < 1.29 is 9.53 Å². The van der Waals surface area contributed by atoms with E-state index in [1.165, 1.54) is 12.0 Å². The van der Waals surface area contributed by atoms with E-state index in [1.807, 2.05) is 15.8 Å². The van der Waals surface area contributed by atoms with Gasteiger partial charge in [-0.3, -0.25) is 4.79 Å². The number of aromatic nitrogens is 2. The van der Waals surface area contributed by atoms with Crippen molar-refractivity contribution in [3.05, 3.63) is 23.9 Å². The van der Waals surface area contributed by atoms with Gasteiger partial charge in [0, 0.05) is 28.7 Å². The van der Waals surface area contributed by atoms with Crippen LogP contribution in [0.2, 0.25) is 0 Å². The third-order valence-electron chi connectivity index (χ3n) is 7.27. The van der Waals surface area contributed by atoms with Gasteiger partial charge in [0.15, 0.2) is 0 Å². The lowest BCUT2D eigenvalue weighted by Crippen LogP contribution is -2.43. The van der Waals surface area contributed by atoms with Crippen molar-refractivity contribution in [2.75, 3.05) is 10.6 Å². The van der Waals surface area contributed by atoms with Crippen LogP contribution in [0.5, 0.6) is 5.75 Å². The minimum absolute atomic E-state index is 0.210. The van der Waals surface area contributed by atoms with E-state index < -0.39 is 0 Å². The normalized spacial score (nSPS) is 23.8. The highest BCUT2D eigenvalue weighted by Crippen LogP contribution is 2.48. The van der Waals surface area contributed by atoms with E-state index in [0.717, 1.165) is 79.7 Å². The fourth-order valence-electron chi connectivity index (χ4n) is 4.86. The topological polar surface area (TPSA) is 73.4 Å². The molecule has 1 aromatic heterocycles. The highest BCUT2D eigenvalue weighted by molar-refractivity contribution is 5.99. The smallest absolute Gasteiger partial charge is 0.230 e. The number of rotatable bonds is 5. The number of hydrogen-bond donors (Lipinski definition) is 1. The van der Waals surface area contributed by atoms with Gasteiger partial charge in [-0.25, -0.2) is 4.68 Å². The van der Waals surface area contributed by atoms with E-state index in [0.29, 0.717) is 6.04 Å². The molecule has 6 heteroatoms. The first-order valence-corrected chi connectivity index (χ1v) is 11.6. The minimum Gasteiger partial charge on any atom is -0.489 e. The molecule has 0 saturated heterocycles. The first-order chi connectivity index (χ1) is 14.6. The van der Waals surface area contributed by atoms with Crippen molar-refractivity contribution in [2.45, 2.75) is 82.9 Å². The van der Waals surface area contributed by atoms with Crippen LogP contribution in [0.1, 0.15) is 69.9 Å². The van der Waals surface area contributed by atoms with Crippen LogP contribution in [0.4, 0.5) is 11.5 Å². The molecule has 4 aliphatic rings. The summed E-state index contributed by atoms with van der Waals surface area (Å²) in [6, 6.07) is 4.89. The molecular weight excluding hydrogens is 376 g/mol. The maximum Gasteiger partial charge on any atom is 0.230 e. The van der Waals surface area contributed by atoms with E-state index in [2.05, 4.69) is 24.2 Å². The zero-order chi connectivity index (χ0) is 20.4. The van der Waals surface area contributed by atoms with E-state index in [4.69, 9.17) is 10.5 Å². The maximum atomic E-state index is 13.1. The van der Waals surface area contributed by atoms with Crippen molar-refractivity contribution in [3.63, 3.8) is 0 Å². The van der Waals surface area contributed by atoms with Crippen LogP contribution < -0.4 is 15.4 Å². The predicted octanol–water partition coefficient (Wildman–Crippen LogP) is 4.48. The molecule has 1 atom stereocenters. The second kappa shape index (κ2) is 6.76. The summed E-state index contributed by atoms with van der Waals surface area (Å²) in [7, 11) is 0. The highest BCUT2D eigenvalue weighted by atomic mass is 16.5. The molecule has 0 radical (unpaired) electrons. The first kappa shape index (κ1) is 18.3. The maximum absolute atomic E-state index is 13.1. The van der Waals surface area contributed by atoms with Crippen molar-refractivity contribution >= 4 is 17.4 Å². The number of fused-ring (bicyclic) bond motifs is 1. The summed E-state index contributed by atoms with van der Waals surface area (Å²) in [5.74, 6) is 2.15. The number of benzene rings is 1. The molecule has 1 aliphatic heterocycles. The molecule has 158 valence electrons. The van der Waals surface area contributed by atoms with E-state index in [-0.39, 0.29) is 24.0 Å². The van der Waals surface area contributed by atoms with Crippen molar-refractivity contribution in [2.24, 2.45) is 5.92 Å². The van der Waals surface area contributed by atoms with Crippen molar-refractivity contribution in [1.29, 1.82) is 0 Å². The molecule has 1 aromatic carbocycles. The van der Waals surface area contributed by atoms with Crippen LogP contribution in [0, 0.1) is 5.92 Å². The Balaban J connectivity index is 1.46. The molecule has 3 fully saturated rings. The number of nitrogens with two attached hydrogens (primary N) is 1. The van der Waals surface area contributed by atoms with E-state index in [1.54, 1.807) is 0 Å². The Morgan fingerprint density at radius 3 is 2.57 bits per heavy atom. The van der Waals surface area contributed by atoms with E-state index in [9.17, 15) is 4.79 Å². The summed E-state index contributed by atoms with van der Waals surface area (Å²) >= 11 is 0. The molecule has 2 aromatic rings. The Bertz CT molecular complexity index is 1000. The molecule has 0 bridgehead atoms. The van der Waals surface area contributed by atoms with Gasteiger partial charge in [0.25, 0.3) is 0 Å². The van der Waals surface area contributed by atoms with Crippen LogP contribution in [0.3, 0.4) is 0 Å². The third-order valence-corrected chi connectivity index (χ3v) is 7.27. The second-order valence-corrected chi connectivity index (χ2v) is 9.60. The van der Waals surface area contributed by atoms with Gasteiger partial charge in [0.1, 0.15) is 11.6 Å². The van der Waals surface area contributed by atoms with Crippen LogP contribution in [-0.2, 0) is 11.2 Å². The summed E-state index contributed by atoms with van der Waals surface area (Å²) in [5.41, 5.74) is 10.7. The second-order valence-electron chi connectivity index (χ2n) is 9.60. The van der Waals surface area contributed by atoms with Gasteiger partial charge in [-0.15, -0.1) is 0 Å². The molecule has 0 spiro atoms. The molecule has 6 nitrogen and oxygen atoms in total. The zero-order valence-electron chi connectivity index (χ0n) is 17.6. The van der Waals surface area contributed by atoms with Crippen LogP contribution in [0.15, 0.2) is 18.3 Å². The summed E-state index contributed by atoms with van der Waals surface area (Å²) < 4.78 is 8.55. The predicted molar refractivity (Wildman–Crippen MR) is 117 cm³/mol. The molecule has 6 rings (SSSR count). The monoisotopic (exact) mass is 406 g/mol. The lowest BCUT2D eigenvalue weighted by Gasteiger charge is -2.38. The van der Waals surface area contributed by atoms with Gasteiger partial charge < -0.3 is 15.4 Å². The number of anilines is 2. The zero-order valence-corrected chi connectivity index (χ0v) is 17.6. The number of carbonyl (C=O) groups is 1. The number of nitrogen functional groups attached to an aromatic ring is 1. The van der Waals surface area contributed by atoms with Crippen LogP contribution in [-0.4, -0.2) is 27.8 Å². The molecular formula is C24H30N4O2. The van der Waals surface area contributed by atoms with Gasteiger partial charge in [-0.05, 0) is 76.8 Å². The number of nitrogens with zero attached hydrogens (tertiary/aromatic N) is 3. The lowest BCUT2D eigenvalue weighted by atomic mass is 9.90. The Morgan fingerprint density at radius 2 is 1.90 bits per heavy atom. The molecule has 2 heterocycles. The fraction of sp³-hybridized carbons (Fsp3) is 0.583. The summed E-state index contributed by atoms with van der Waals surface area (Å²) in [5, 5.41) is 4.58. The quantitative estimate of drug-likeness (QED) is 0.795. The number of amides is 1. The molecule has 3 saturated carbocycles. The average molecular weight is 407 g/mol. The summed E-state index contributed by atoms with van der Waals surface area (Å²) in [6.07, 6.45) is 11.8. The van der Waals surface area contributed by atoms with Gasteiger partial charge in [-0.2, -0.15) is 5.10 Å². The average Bonchev–Trinajstić information content (AvgIpc) is 3.62. The Hall–Kier alpha value is -2.50. The number of carbonyl (C=O) groups excluding carboxylic acids is 1. The first-order valence-electron chi connectivity index (χ1n) is 11.6. The largest absolute Gasteiger partial charge is 0.489 e. The summed E-state index contributed by atoms with van der Waals surface area (Å²) in [4.78, 5) is 15.1. The molecule has 2 N–H and O–H groups in total. The SMILES string of the molecule is C[C@H]1CCc2c(ccc(-c3cnn(C4CC4)c3N)c2OC2CCC2)N1C(=O)C1CC1. The Labute approximate surface area is 177 Å². The Kier molecular flexibility index (Phi) is 4.12. The summed E-state index contributed by atoms with van der Waals surface area (Å²) in [6.45, 7) is 2.17. The van der Waals surface area contributed by atoms with Crippen molar-refractivity contribution in [1.82, 2.24) is 9.78 Å². The molecule has 3 aliphatic carbocycles. The minimum atomic E-state index is 0.210. The Morgan fingerprint density at radius 1 is 1.10 bits per heavy atom. The highest BCUT2D eigenvalue weighted by Gasteiger charge is 2.40.